The Hall–Kier alpha value is -2.20. The number of nitrogens with two attached hydrogens (primary N) is 1. The van der Waals surface area contributed by atoms with Crippen molar-refractivity contribution in [3.05, 3.63) is 28.8 Å². The van der Waals surface area contributed by atoms with Gasteiger partial charge in [0.1, 0.15) is 11.3 Å². The maximum Gasteiger partial charge on any atom is 0.387 e. The quantitative estimate of drug-likeness (QED) is 0.824. The molecule has 0 radical (unpaired) electrons. The summed E-state index contributed by atoms with van der Waals surface area (Å²) >= 11 is 0. The van der Waals surface area contributed by atoms with Gasteiger partial charge in [0.25, 0.3) is 0 Å². The lowest BCUT2D eigenvalue weighted by molar-refractivity contribution is -0.0505. The van der Waals surface area contributed by atoms with Crippen LogP contribution in [-0.2, 0) is 11.3 Å². The minimum absolute atomic E-state index is 0.0632. The summed E-state index contributed by atoms with van der Waals surface area (Å²) in [5, 5.41) is 8.91. The molecule has 0 atom stereocenters. The lowest BCUT2D eigenvalue weighted by atomic mass is 10.0. The largest absolute Gasteiger partial charge is 0.462 e. The minimum atomic E-state index is -3.09. The van der Waals surface area contributed by atoms with Crippen LogP contribution in [0, 0.1) is 11.3 Å². The lowest BCUT2D eigenvalue weighted by Gasteiger charge is -2.14. The number of carbonyl (C=O) groups is 1. The molecule has 2 N–H and O–H groups in total. The summed E-state index contributed by atoms with van der Waals surface area (Å²) in [5.74, 6) is -1.20. The number of nitriles is 1. The fourth-order valence-electron chi connectivity index (χ4n) is 1.56. The molecule has 0 spiro atoms. The van der Waals surface area contributed by atoms with Gasteiger partial charge in [0.05, 0.1) is 18.2 Å². The molecule has 0 aromatic heterocycles. The highest BCUT2D eigenvalue weighted by atomic mass is 19.3. The highest BCUT2D eigenvalue weighted by molar-refractivity contribution is 5.95. The van der Waals surface area contributed by atoms with Gasteiger partial charge in [0.15, 0.2) is 0 Å². The molecule has 19 heavy (non-hydrogen) atoms. The van der Waals surface area contributed by atoms with E-state index in [9.17, 15) is 13.6 Å². The number of rotatable bonds is 5. The summed E-state index contributed by atoms with van der Waals surface area (Å²) in [6.07, 6.45) is 0. The monoisotopic (exact) mass is 270 g/mol. The van der Waals surface area contributed by atoms with Crippen molar-refractivity contribution in [1.29, 1.82) is 5.26 Å². The maximum atomic E-state index is 12.3. The van der Waals surface area contributed by atoms with Gasteiger partial charge in [0, 0.05) is 12.1 Å². The van der Waals surface area contributed by atoms with Gasteiger partial charge in [-0.05, 0) is 19.1 Å². The van der Waals surface area contributed by atoms with E-state index in [1.165, 1.54) is 6.07 Å². The number of carbonyl (C=O) groups excluding carboxylic acids is 1. The van der Waals surface area contributed by atoms with E-state index >= 15 is 0 Å². The van der Waals surface area contributed by atoms with Crippen molar-refractivity contribution in [2.75, 3.05) is 6.61 Å². The molecule has 0 fully saturated rings. The van der Waals surface area contributed by atoms with Crippen molar-refractivity contribution in [2.45, 2.75) is 20.1 Å². The molecule has 0 heterocycles. The number of hydrogen-bond acceptors (Lipinski definition) is 5. The van der Waals surface area contributed by atoms with Crippen LogP contribution in [0.25, 0.3) is 0 Å². The molecule has 1 rings (SSSR count). The molecule has 0 aliphatic rings. The molecular weight excluding hydrogens is 258 g/mol. The highest BCUT2D eigenvalue weighted by Gasteiger charge is 2.23. The smallest absolute Gasteiger partial charge is 0.387 e. The van der Waals surface area contributed by atoms with Crippen LogP contribution in [0.5, 0.6) is 5.75 Å². The normalized spacial score (nSPS) is 10.1. The van der Waals surface area contributed by atoms with Crippen LogP contribution >= 0.6 is 0 Å². The van der Waals surface area contributed by atoms with E-state index in [0.717, 1.165) is 6.07 Å². The maximum absolute atomic E-state index is 12.3. The summed E-state index contributed by atoms with van der Waals surface area (Å²) in [6, 6.07) is 4.22. The molecule has 1 aromatic rings. The van der Waals surface area contributed by atoms with Crippen molar-refractivity contribution < 1.29 is 23.0 Å². The Labute approximate surface area is 108 Å². The topological polar surface area (TPSA) is 85.3 Å². The highest BCUT2D eigenvalue weighted by Crippen LogP contribution is 2.27. The summed E-state index contributed by atoms with van der Waals surface area (Å²) in [5.41, 5.74) is 5.47. The number of hydrogen-bond donors (Lipinski definition) is 1. The summed E-state index contributed by atoms with van der Waals surface area (Å²) in [7, 11) is 0. The minimum Gasteiger partial charge on any atom is -0.462 e. The van der Waals surface area contributed by atoms with E-state index in [0.29, 0.717) is 0 Å². The number of nitrogens with zero attached hydrogens (tertiary/aromatic N) is 1. The average Bonchev–Trinajstić information content (AvgIpc) is 2.37. The number of halogens is 2. The second-order valence-electron chi connectivity index (χ2n) is 3.38. The first-order chi connectivity index (χ1) is 9.04. The molecule has 0 unspecified atom stereocenters. The number of ether oxygens (including phenoxy) is 2. The molecular formula is C12H12F2N2O3. The Morgan fingerprint density at radius 2 is 2.21 bits per heavy atom. The van der Waals surface area contributed by atoms with Gasteiger partial charge in [-0.1, -0.05) is 0 Å². The average molecular weight is 270 g/mol. The van der Waals surface area contributed by atoms with Gasteiger partial charge in [-0.3, -0.25) is 0 Å². The second-order valence-corrected chi connectivity index (χ2v) is 3.38. The first-order valence-electron chi connectivity index (χ1n) is 5.43. The van der Waals surface area contributed by atoms with Crippen molar-refractivity contribution >= 4 is 5.97 Å². The van der Waals surface area contributed by atoms with Crippen molar-refractivity contribution in [2.24, 2.45) is 5.73 Å². The zero-order chi connectivity index (χ0) is 14.4. The molecule has 1 aromatic carbocycles. The van der Waals surface area contributed by atoms with Crippen molar-refractivity contribution in [3.63, 3.8) is 0 Å². The third kappa shape index (κ3) is 3.39. The van der Waals surface area contributed by atoms with E-state index in [1.807, 2.05) is 6.07 Å². The Morgan fingerprint density at radius 3 is 2.68 bits per heavy atom. The van der Waals surface area contributed by atoms with Gasteiger partial charge in [-0.25, -0.2) is 4.79 Å². The molecule has 0 aliphatic heterocycles. The predicted octanol–water partition coefficient (Wildman–Crippen LogP) is 1.80. The van der Waals surface area contributed by atoms with Crippen molar-refractivity contribution in [3.8, 4) is 11.8 Å². The van der Waals surface area contributed by atoms with Crippen LogP contribution in [-0.4, -0.2) is 19.2 Å². The standard InChI is InChI=1S/C12H12F2N2O3/c1-2-18-11(17)10-8(6-16)7(5-15)3-4-9(10)19-12(13)14/h3-4,12H,2,6,16H2,1H3. The molecule has 0 saturated heterocycles. The Balaban J connectivity index is 3.40. The van der Waals surface area contributed by atoms with Gasteiger partial charge in [-0.2, -0.15) is 14.0 Å². The predicted molar refractivity (Wildman–Crippen MR) is 61.6 cm³/mol. The summed E-state index contributed by atoms with van der Waals surface area (Å²) in [6.45, 7) is -1.63. The first-order valence-corrected chi connectivity index (χ1v) is 5.43. The molecule has 0 bridgehead atoms. The van der Waals surface area contributed by atoms with Crippen LogP contribution in [0.3, 0.4) is 0 Å². The van der Waals surface area contributed by atoms with Gasteiger partial charge in [0.2, 0.25) is 0 Å². The van der Waals surface area contributed by atoms with E-state index in [1.54, 1.807) is 6.92 Å². The summed E-state index contributed by atoms with van der Waals surface area (Å²) in [4.78, 5) is 11.8. The SMILES string of the molecule is CCOC(=O)c1c(OC(F)F)ccc(C#N)c1CN. The molecule has 102 valence electrons. The molecule has 7 heteroatoms. The molecule has 5 nitrogen and oxygen atoms in total. The lowest BCUT2D eigenvalue weighted by Crippen LogP contribution is -2.16. The fraction of sp³-hybridized carbons (Fsp3) is 0.333. The number of esters is 1. The van der Waals surface area contributed by atoms with E-state index in [-0.39, 0.29) is 35.6 Å². The number of alkyl halides is 2. The second kappa shape index (κ2) is 6.66. The Bertz CT molecular complexity index is 512. The molecule has 0 saturated carbocycles. The van der Waals surface area contributed by atoms with Crippen LogP contribution in [0.1, 0.15) is 28.4 Å². The van der Waals surface area contributed by atoms with Crippen LogP contribution < -0.4 is 10.5 Å². The third-order valence-corrected chi connectivity index (χ3v) is 2.29. The number of benzene rings is 1. The van der Waals surface area contributed by atoms with Crippen LogP contribution in [0.4, 0.5) is 8.78 Å². The van der Waals surface area contributed by atoms with Crippen molar-refractivity contribution in [1.82, 2.24) is 0 Å². The van der Waals surface area contributed by atoms with Gasteiger partial charge in [-0.15, -0.1) is 0 Å². The van der Waals surface area contributed by atoms with Gasteiger partial charge >= 0.3 is 12.6 Å². The van der Waals surface area contributed by atoms with E-state index in [4.69, 9.17) is 15.7 Å². The fourth-order valence-corrected chi connectivity index (χ4v) is 1.56. The Morgan fingerprint density at radius 1 is 1.53 bits per heavy atom. The van der Waals surface area contributed by atoms with Gasteiger partial charge < -0.3 is 15.2 Å². The van der Waals surface area contributed by atoms with Crippen LogP contribution in [0.15, 0.2) is 12.1 Å². The zero-order valence-electron chi connectivity index (χ0n) is 10.2. The van der Waals surface area contributed by atoms with E-state index < -0.39 is 12.6 Å². The van der Waals surface area contributed by atoms with E-state index in [2.05, 4.69) is 4.74 Å². The Kier molecular flexibility index (Phi) is 5.21. The van der Waals surface area contributed by atoms with Crippen LogP contribution in [0.2, 0.25) is 0 Å². The first kappa shape index (κ1) is 14.9. The summed E-state index contributed by atoms with van der Waals surface area (Å²) < 4.78 is 33.6. The zero-order valence-corrected chi connectivity index (χ0v) is 10.2. The molecule has 0 amide bonds. The molecule has 0 aliphatic carbocycles. The third-order valence-electron chi connectivity index (χ3n) is 2.29.